The summed E-state index contributed by atoms with van der Waals surface area (Å²) in [5, 5.41) is 17.0. The van der Waals surface area contributed by atoms with Crippen molar-refractivity contribution in [2.24, 2.45) is 0 Å². The number of hydrogen-bond donors (Lipinski definition) is 1. The smallest absolute Gasteiger partial charge is 0.410 e. The van der Waals surface area contributed by atoms with Gasteiger partial charge < -0.3 is 19.6 Å². The molecule has 0 aliphatic carbocycles. The van der Waals surface area contributed by atoms with Gasteiger partial charge in [-0.25, -0.2) is 4.68 Å². The van der Waals surface area contributed by atoms with Gasteiger partial charge in [0.05, 0.1) is 18.3 Å². The highest BCUT2D eigenvalue weighted by molar-refractivity contribution is 5.84. The van der Waals surface area contributed by atoms with Crippen LogP contribution in [-0.2, 0) is 0 Å². The van der Waals surface area contributed by atoms with Crippen molar-refractivity contribution in [1.82, 2.24) is 9.78 Å². The third kappa shape index (κ3) is 2.34. The number of furan rings is 1. The molecule has 2 atom stereocenters. The van der Waals surface area contributed by atoms with Crippen LogP contribution in [0, 0.1) is 0 Å². The van der Waals surface area contributed by atoms with Crippen LogP contribution in [0.4, 0.5) is 19.0 Å². The van der Waals surface area contributed by atoms with Gasteiger partial charge in [0.15, 0.2) is 6.04 Å². The molecule has 0 unspecified atom stereocenters. The second kappa shape index (κ2) is 4.54. The second-order valence-corrected chi connectivity index (χ2v) is 4.65. The maximum absolute atomic E-state index is 13.2. The number of rotatable bonds is 2. The van der Waals surface area contributed by atoms with E-state index in [0.717, 1.165) is 6.07 Å². The molecule has 0 radical (unpaired) electrons. The Morgan fingerprint density at radius 3 is 2.86 bits per heavy atom. The van der Waals surface area contributed by atoms with Gasteiger partial charge in [0.1, 0.15) is 17.3 Å². The van der Waals surface area contributed by atoms with Crippen molar-refractivity contribution in [3.63, 3.8) is 0 Å². The van der Waals surface area contributed by atoms with Gasteiger partial charge in [-0.1, -0.05) is 0 Å². The van der Waals surface area contributed by atoms with E-state index in [0.29, 0.717) is 10.4 Å². The summed E-state index contributed by atoms with van der Waals surface area (Å²) in [7, 11) is 0. The molecule has 9 heteroatoms. The van der Waals surface area contributed by atoms with E-state index >= 15 is 0 Å². The molecule has 0 saturated carbocycles. The summed E-state index contributed by atoms with van der Waals surface area (Å²) < 4.78 is 45.2. The van der Waals surface area contributed by atoms with Crippen LogP contribution in [-0.4, -0.2) is 21.9 Å². The lowest BCUT2D eigenvalue weighted by molar-refractivity contribution is -0.255. The van der Waals surface area contributed by atoms with Crippen molar-refractivity contribution >= 4 is 11.8 Å². The Hall–Kier alpha value is -2.45. The molecule has 112 valence electrons. The summed E-state index contributed by atoms with van der Waals surface area (Å²) in [5.41, 5.74) is -0.549. The van der Waals surface area contributed by atoms with Crippen LogP contribution in [0.2, 0.25) is 0 Å². The first-order valence-corrected chi connectivity index (χ1v) is 6.04. The normalized spacial score (nSPS) is 21.7. The van der Waals surface area contributed by atoms with Gasteiger partial charge >= 0.3 is 6.18 Å². The SMILES string of the molecule is O=C([O-])c1cc2n(n1)[C@H](C(F)(F)F)C[C@@H](c1ccco1)N2. The molecule has 3 heterocycles. The fourth-order valence-corrected chi connectivity index (χ4v) is 2.35. The Balaban J connectivity index is 2.03. The Morgan fingerprint density at radius 1 is 1.52 bits per heavy atom. The highest BCUT2D eigenvalue weighted by Crippen LogP contribution is 2.43. The summed E-state index contributed by atoms with van der Waals surface area (Å²) in [6, 6.07) is 1.49. The van der Waals surface area contributed by atoms with Gasteiger partial charge in [-0.15, -0.1) is 0 Å². The standard InChI is InChI=1S/C12H10F3N3O3/c13-12(14,15)9-4-6(8-2-1-3-21-8)16-10-5-7(11(19)20)17-18(9)10/h1-3,5-6,9,16H,4H2,(H,19,20)/p-1/t6-,9-/m0/s1. The number of aromatic carboxylic acids is 1. The average molecular weight is 300 g/mol. The van der Waals surface area contributed by atoms with E-state index in [1.165, 1.54) is 6.26 Å². The molecule has 0 aromatic carbocycles. The monoisotopic (exact) mass is 300 g/mol. The van der Waals surface area contributed by atoms with E-state index in [2.05, 4.69) is 10.4 Å². The molecule has 0 amide bonds. The highest BCUT2D eigenvalue weighted by atomic mass is 19.4. The van der Waals surface area contributed by atoms with E-state index in [9.17, 15) is 23.1 Å². The zero-order chi connectivity index (χ0) is 15.2. The summed E-state index contributed by atoms with van der Waals surface area (Å²) >= 11 is 0. The third-order valence-corrected chi connectivity index (χ3v) is 3.29. The van der Waals surface area contributed by atoms with Crippen molar-refractivity contribution < 1.29 is 27.5 Å². The quantitative estimate of drug-likeness (QED) is 0.908. The van der Waals surface area contributed by atoms with Gasteiger partial charge in [-0.2, -0.15) is 18.3 Å². The fourth-order valence-electron chi connectivity index (χ4n) is 2.35. The number of carboxylic acid groups (broad SMARTS) is 1. The van der Waals surface area contributed by atoms with Crippen LogP contribution in [0.1, 0.15) is 34.8 Å². The molecule has 21 heavy (non-hydrogen) atoms. The summed E-state index contributed by atoms with van der Waals surface area (Å²) in [6.07, 6.45) is -3.55. The second-order valence-electron chi connectivity index (χ2n) is 4.65. The summed E-state index contributed by atoms with van der Waals surface area (Å²) in [6.45, 7) is 0. The number of fused-ring (bicyclic) bond motifs is 1. The molecule has 1 N–H and O–H groups in total. The summed E-state index contributed by atoms with van der Waals surface area (Å²) in [5.74, 6) is -1.33. The molecule has 1 aliphatic rings. The minimum atomic E-state index is -4.56. The average Bonchev–Trinajstić information content (AvgIpc) is 3.05. The largest absolute Gasteiger partial charge is 0.543 e. The van der Waals surface area contributed by atoms with Crippen LogP contribution < -0.4 is 10.4 Å². The lowest BCUT2D eigenvalue weighted by Gasteiger charge is -2.32. The van der Waals surface area contributed by atoms with Crippen molar-refractivity contribution in [3.05, 3.63) is 35.9 Å². The lowest BCUT2D eigenvalue weighted by Crippen LogP contribution is -2.35. The number of alkyl halides is 3. The predicted octanol–water partition coefficient (Wildman–Crippen LogP) is 1.50. The number of nitrogens with zero attached hydrogens (tertiary/aromatic N) is 2. The molecule has 0 fully saturated rings. The van der Waals surface area contributed by atoms with Crippen LogP contribution in [0.15, 0.2) is 28.9 Å². The van der Waals surface area contributed by atoms with Crippen molar-refractivity contribution in [3.8, 4) is 0 Å². The van der Waals surface area contributed by atoms with Crippen LogP contribution in [0.25, 0.3) is 0 Å². The van der Waals surface area contributed by atoms with E-state index in [-0.39, 0.29) is 12.2 Å². The Bertz CT molecular complexity index is 663. The molecule has 2 aromatic heterocycles. The molecule has 0 spiro atoms. The van der Waals surface area contributed by atoms with Gasteiger partial charge in [-0.05, 0) is 12.1 Å². The molecular weight excluding hydrogens is 291 g/mol. The Kier molecular flexibility index (Phi) is 2.92. The number of nitrogens with one attached hydrogen (secondary N) is 1. The number of carbonyl (C=O) groups excluding carboxylic acids is 1. The number of halogens is 3. The van der Waals surface area contributed by atoms with E-state index in [4.69, 9.17) is 4.42 Å². The number of aromatic nitrogens is 2. The van der Waals surface area contributed by atoms with E-state index in [1.807, 2.05) is 0 Å². The van der Waals surface area contributed by atoms with Crippen molar-refractivity contribution in [1.29, 1.82) is 0 Å². The number of carbonyl (C=O) groups is 1. The van der Waals surface area contributed by atoms with Crippen LogP contribution in [0.5, 0.6) is 0 Å². The number of carboxylic acids is 1. The zero-order valence-corrected chi connectivity index (χ0v) is 10.4. The molecule has 6 nitrogen and oxygen atoms in total. The molecule has 0 saturated heterocycles. The van der Waals surface area contributed by atoms with Gasteiger partial charge in [0.25, 0.3) is 0 Å². The predicted molar refractivity (Wildman–Crippen MR) is 61.3 cm³/mol. The Morgan fingerprint density at radius 2 is 2.29 bits per heavy atom. The maximum Gasteiger partial charge on any atom is 0.410 e. The molecule has 1 aliphatic heterocycles. The number of hydrogen-bond acceptors (Lipinski definition) is 5. The van der Waals surface area contributed by atoms with Crippen LogP contribution >= 0.6 is 0 Å². The number of anilines is 1. The van der Waals surface area contributed by atoms with E-state index in [1.54, 1.807) is 12.1 Å². The first-order chi connectivity index (χ1) is 9.86. The minimum absolute atomic E-state index is 0.0378. The molecule has 2 aromatic rings. The van der Waals surface area contributed by atoms with Gasteiger partial charge in [0, 0.05) is 12.5 Å². The summed E-state index contributed by atoms with van der Waals surface area (Å²) in [4.78, 5) is 10.8. The zero-order valence-electron chi connectivity index (χ0n) is 10.4. The first kappa shape index (κ1) is 13.5. The lowest BCUT2D eigenvalue weighted by atomic mass is 10.0. The van der Waals surface area contributed by atoms with Crippen molar-refractivity contribution in [2.75, 3.05) is 5.32 Å². The van der Waals surface area contributed by atoms with Crippen molar-refractivity contribution in [2.45, 2.75) is 24.7 Å². The first-order valence-electron chi connectivity index (χ1n) is 6.04. The third-order valence-electron chi connectivity index (χ3n) is 3.29. The molecule has 0 bridgehead atoms. The van der Waals surface area contributed by atoms with E-state index < -0.39 is 29.9 Å². The highest BCUT2D eigenvalue weighted by Gasteiger charge is 2.47. The molecular formula is C12H9F3N3O3-. The fraction of sp³-hybridized carbons (Fsp3) is 0.333. The van der Waals surface area contributed by atoms with Gasteiger partial charge in [0.2, 0.25) is 0 Å². The minimum Gasteiger partial charge on any atom is -0.543 e. The molecule has 3 rings (SSSR count). The Labute approximate surface area is 116 Å². The van der Waals surface area contributed by atoms with Crippen LogP contribution in [0.3, 0.4) is 0 Å². The maximum atomic E-state index is 13.2. The van der Waals surface area contributed by atoms with Gasteiger partial charge in [-0.3, -0.25) is 0 Å². The topological polar surface area (TPSA) is 83.1 Å².